The predicted octanol–water partition coefficient (Wildman–Crippen LogP) is 2.36. The van der Waals surface area contributed by atoms with Gasteiger partial charge >= 0.3 is 0 Å². The van der Waals surface area contributed by atoms with E-state index in [9.17, 15) is 4.39 Å². The van der Waals surface area contributed by atoms with Crippen molar-refractivity contribution in [3.63, 3.8) is 0 Å². The minimum atomic E-state index is -1.40. The molecule has 0 bridgehead atoms. The Kier molecular flexibility index (Phi) is 5.64. The lowest BCUT2D eigenvalue weighted by Crippen LogP contribution is -2.44. The first kappa shape index (κ1) is 17.0. The summed E-state index contributed by atoms with van der Waals surface area (Å²) in [6, 6.07) is 3.64. The molecule has 0 aromatic heterocycles. The van der Waals surface area contributed by atoms with Crippen molar-refractivity contribution in [3.05, 3.63) is 23.3 Å². The molecule has 1 aliphatic heterocycles. The van der Waals surface area contributed by atoms with E-state index in [-0.39, 0.29) is 0 Å². The molecule has 0 saturated carbocycles. The van der Waals surface area contributed by atoms with E-state index < -0.39 is 5.67 Å². The van der Waals surface area contributed by atoms with Crippen LogP contribution >= 0.6 is 0 Å². The number of rotatable bonds is 6. The Bertz CT molecular complexity index is 494. The lowest BCUT2D eigenvalue weighted by molar-refractivity contribution is 0.219. The zero-order chi connectivity index (χ0) is 16.2. The van der Waals surface area contributed by atoms with Gasteiger partial charge in [0.2, 0.25) is 0 Å². The number of methoxy groups -OCH3 is 2. The van der Waals surface area contributed by atoms with Crippen molar-refractivity contribution >= 4 is 0 Å². The average Bonchev–Trinajstić information content (AvgIpc) is 2.51. The number of nitrogens with one attached hydrogen (secondary N) is 1. The van der Waals surface area contributed by atoms with Gasteiger partial charge < -0.3 is 19.7 Å². The standard InChI is InChI=1S/C17H27FN2O2/c1-17(2,18)14-11-13(16(22-4)15(12-14)21-3)5-8-20-9-6-19-7-10-20/h11-12,19H,5-10H2,1-4H3. The van der Waals surface area contributed by atoms with Crippen LogP contribution in [-0.2, 0) is 12.1 Å². The van der Waals surface area contributed by atoms with Gasteiger partial charge in [-0.15, -0.1) is 0 Å². The second kappa shape index (κ2) is 7.29. The molecule has 1 N–H and O–H groups in total. The molecule has 1 heterocycles. The van der Waals surface area contributed by atoms with Crippen LogP contribution in [0.25, 0.3) is 0 Å². The highest BCUT2D eigenvalue weighted by molar-refractivity contribution is 5.51. The number of nitrogens with zero attached hydrogens (tertiary/aromatic N) is 1. The molecule has 1 fully saturated rings. The van der Waals surface area contributed by atoms with Gasteiger partial charge in [0, 0.05) is 32.7 Å². The predicted molar refractivity (Wildman–Crippen MR) is 86.7 cm³/mol. The first-order valence-corrected chi connectivity index (χ1v) is 7.83. The molecular weight excluding hydrogens is 283 g/mol. The fourth-order valence-corrected chi connectivity index (χ4v) is 2.79. The molecule has 5 heteroatoms. The molecule has 2 rings (SSSR count). The smallest absolute Gasteiger partial charge is 0.163 e. The normalized spacial score (nSPS) is 16.6. The Morgan fingerprint density at radius 1 is 1.18 bits per heavy atom. The van der Waals surface area contributed by atoms with E-state index in [2.05, 4.69) is 10.2 Å². The number of halogens is 1. The molecule has 0 atom stereocenters. The van der Waals surface area contributed by atoms with Crippen molar-refractivity contribution in [3.8, 4) is 11.5 Å². The van der Waals surface area contributed by atoms with Crippen LogP contribution in [0.4, 0.5) is 4.39 Å². The lowest BCUT2D eigenvalue weighted by Gasteiger charge is -2.27. The molecular formula is C17H27FN2O2. The number of ether oxygens (including phenoxy) is 2. The molecule has 1 aromatic carbocycles. The van der Waals surface area contributed by atoms with Crippen molar-refractivity contribution in [2.45, 2.75) is 25.9 Å². The van der Waals surface area contributed by atoms with E-state index in [1.807, 2.05) is 6.07 Å². The summed E-state index contributed by atoms with van der Waals surface area (Å²) in [5, 5.41) is 3.35. The van der Waals surface area contributed by atoms with E-state index in [0.717, 1.165) is 44.7 Å². The highest BCUT2D eigenvalue weighted by Gasteiger charge is 2.23. The Morgan fingerprint density at radius 2 is 1.86 bits per heavy atom. The Balaban J connectivity index is 2.22. The molecule has 0 amide bonds. The summed E-state index contributed by atoms with van der Waals surface area (Å²) in [4.78, 5) is 2.41. The van der Waals surface area contributed by atoms with Gasteiger partial charge in [0.25, 0.3) is 0 Å². The number of hydrogen-bond donors (Lipinski definition) is 1. The highest BCUT2D eigenvalue weighted by atomic mass is 19.1. The highest BCUT2D eigenvalue weighted by Crippen LogP contribution is 2.37. The zero-order valence-corrected chi connectivity index (χ0v) is 14.0. The summed E-state index contributed by atoms with van der Waals surface area (Å²) in [5.41, 5.74) is 0.227. The van der Waals surface area contributed by atoms with Crippen LogP contribution in [-0.4, -0.2) is 51.8 Å². The summed E-state index contributed by atoms with van der Waals surface area (Å²) in [7, 11) is 3.22. The summed E-state index contributed by atoms with van der Waals surface area (Å²) >= 11 is 0. The molecule has 0 unspecified atom stereocenters. The topological polar surface area (TPSA) is 33.7 Å². The minimum absolute atomic E-state index is 0.598. The van der Waals surface area contributed by atoms with Crippen LogP contribution in [0.5, 0.6) is 11.5 Å². The van der Waals surface area contributed by atoms with E-state index in [0.29, 0.717) is 17.1 Å². The Labute approximate surface area is 132 Å². The molecule has 0 spiro atoms. The number of benzene rings is 1. The van der Waals surface area contributed by atoms with Gasteiger partial charge in [-0.3, -0.25) is 0 Å². The lowest BCUT2D eigenvalue weighted by atomic mass is 9.95. The second-order valence-electron chi connectivity index (χ2n) is 6.18. The van der Waals surface area contributed by atoms with Crippen molar-refractivity contribution in [1.82, 2.24) is 10.2 Å². The van der Waals surface area contributed by atoms with Crippen molar-refractivity contribution in [1.29, 1.82) is 0 Å². The van der Waals surface area contributed by atoms with Crippen LogP contribution in [0.3, 0.4) is 0 Å². The van der Waals surface area contributed by atoms with Gasteiger partial charge in [0.05, 0.1) is 14.2 Å². The fourth-order valence-electron chi connectivity index (χ4n) is 2.79. The largest absolute Gasteiger partial charge is 0.493 e. The summed E-state index contributed by atoms with van der Waals surface area (Å²) < 4.78 is 25.2. The maximum Gasteiger partial charge on any atom is 0.163 e. The zero-order valence-electron chi connectivity index (χ0n) is 14.0. The maximum atomic E-state index is 14.3. The van der Waals surface area contributed by atoms with Gasteiger partial charge in [-0.05, 0) is 43.5 Å². The molecule has 0 aliphatic carbocycles. The van der Waals surface area contributed by atoms with Gasteiger partial charge in [0.1, 0.15) is 5.67 Å². The van der Waals surface area contributed by atoms with Gasteiger partial charge in [-0.1, -0.05) is 0 Å². The van der Waals surface area contributed by atoms with Crippen LogP contribution in [0.15, 0.2) is 12.1 Å². The third kappa shape index (κ3) is 4.11. The van der Waals surface area contributed by atoms with Crippen molar-refractivity contribution in [2.24, 2.45) is 0 Å². The Hall–Kier alpha value is -1.33. The van der Waals surface area contributed by atoms with E-state index >= 15 is 0 Å². The molecule has 1 saturated heterocycles. The first-order valence-electron chi connectivity index (χ1n) is 7.83. The molecule has 1 aliphatic rings. The van der Waals surface area contributed by atoms with Crippen LogP contribution in [0, 0.1) is 0 Å². The molecule has 22 heavy (non-hydrogen) atoms. The third-order valence-electron chi connectivity index (χ3n) is 4.15. The molecule has 1 aromatic rings. The fraction of sp³-hybridized carbons (Fsp3) is 0.647. The SMILES string of the molecule is COc1cc(C(C)(C)F)cc(CCN2CCNCC2)c1OC. The first-order chi connectivity index (χ1) is 10.5. The van der Waals surface area contributed by atoms with Crippen LogP contribution in [0.2, 0.25) is 0 Å². The minimum Gasteiger partial charge on any atom is -0.493 e. The average molecular weight is 310 g/mol. The summed E-state index contributed by atoms with van der Waals surface area (Å²) in [5.74, 6) is 1.31. The maximum absolute atomic E-state index is 14.3. The number of hydrogen-bond acceptors (Lipinski definition) is 4. The van der Waals surface area contributed by atoms with Crippen LogP contribution < -0.4 is 14.8 Å². The number of piperazine rings is 1. The molecule has 4 nitrogen and oxygen atoms in total. The van der Waals surface area contributed by atoms with E-state index in [1.165, 1.54) is 0 Å². The quantitative estimate of drug-likeness (QED) is 0.874. The van der Waals surface area contributed by atoms with Gasteiger partial charge in [0.15, 0.2) is 11.5 Å². The third-order valence-corrected chi connectivity index (χ3v) is 4.15. The number of alkyl halides is 1. The van der Waals surface area contributed by atoms with Crippen molar-refractivity contribution in [2.75, 3.05) is 46.9 Å². The van der Waals surface area contributed by atoms with E-state index in [1.54, 1.807) is 34.1 Å². The second-order valence-corrected chi connectivity index (χ2v) is 6.18. The van der Waals surface area contributed by atoms with E-state index in [4.69, 9.17) is 9.47 Å². The molecule has 124 valence electrons. The van der Waals surface area contributed by atoms with Crippen LogP contribution in [0.1, 0.15) is 25.0 Å². The monoisotopic (exact) mass is 310 g/mol. The Morgan fingerprint density at radius 3 is 2.41 bits per heavy atom. The summed E-state index contributed by atoms with van der Waals surface area (Å²) in [6.07, 6.45) is 0.823. The van der Waals surface area contributed by atoms with Gasteiger partial charge in [-0.2, -0.15) is 0 Å². The van der Waals surface area contributed by atoms with Gasteiger partial charge in [-0.25, -0.2) is 4.39 Å². The van der Waals surface area contributed by atoms with Crippen molar-refractivity contribution < 1.29 is 13.9 Å². The summed E-state index contributed by atoms with van der Waals surface area (Å²) in [6.45, 7) is 8.22. The molecule has 0 radical (unpaired) electrons.